The molecule has 2 amide bonds. The standard InChI is InChI=1S/C34H25N3O2/c1-37(34(39)29-17-9-10-22-35-29)30-21-19-24-12-6-8-16-27(24)32(30)31-26-15-7-5-11-23(26)18-20-28(31)36-33(38)25-13-3-2-4-14-25/h2-22H,1H3,(H,36,38). The van der Waals surface area contributed by atoms with Crippen LogP contribution in [0, 0.1) is 0 Å². The lowest BCUT2D eigenvalue weighted by Crippen LogP contribution is -2.27. The minimum absolute atomic E-state index is 0.202. The molecule has 0 aliphatic rings. The first-order chi connectivity index (χ1) is 19.1. The van der Waals surface area contributed by atoms with Gasteiger partial charge < -0.3 is 10.2 Å². The highest BCUT2D eigenvalue weighted by atomic mass is 16.2. The van der Waals surface area contributed by atoms with E-state index < -0.39 is 0 Å². The molecule has 0 spiro atoms. The lowest BCUT2D eigenvalue weighted by atomic mass is 9.90. The molecule has 0 aliphatic heterocycles. The Kier molecular flexibility index (Phi) is 6.31. The fraction of sp³-hybridized carbons (Fsp3) is 0.0294. The van der Waals surface area contributed by atoms with E-state index >= 15 is 0 Å². The minimum atomic E-state index is -0.220. The Morgan fingerprint density at radius 1 is 0.641 bits per heavy atom. The van der Waals surface area contributed by atoms with E-state index in [1.807, 2.05) is 66.7 Å². The van der Waals surface area contributed by atoms with Gasteiger partial charge in [-0.2, -0.15) is 0 Å². The van der Waals surface area contributed by atoms with Crippen molar-refractivity contribution in [2.75, 3.05) is 17.3 Å². The zero-order valence-corrected chi connectivity index (χ0v) is 21.3. The first kappa shape index (κ1) is 24.1. The lowest BCUT2D eigenvalue weighted by molar-refractivity contribution is 0.0986. The molecule has 6 aromatic rings. The SMILES string of the molecule is CN(C(=O)c1ccccn1)c1ccc2ccccc2c1-c1c(NC(=O)c2ccccc2)ccc2ccccc12. The van der Waals surface area contributed by atoms with E-state index in [1.165, 1.54) is 0 Å². The number of amides is 2. The number of rotatable bonds is 5. The fourth-order valence-corrected chi connectivity index (χ4v) is 5.00. The number of nitrogens with one attached hydrogen (secondary N) is 1. The monoisotopic (exact) mass is 507 g/mol. The highest BCUT2D eigenvalue weighted by Crippen LogP contribution is 2.44. The van der Waals surface area contributed by atoms with Crippen LogP contribution in [-0.4, -0.2) is 23.8 Å². The predicted octanol–water partition coefficient (Wildman–Crippen LogP) is 7.58. The molecule has 39 heavy (non-hydrogen) atoms. The number of benzene rings is 5. The second kappa shape index (κ2) is 10.2. The molecule has 1 N–H and O–H groups in total. The molecule has 6 rings (SSSR count). The summed E-state index contributed by atoms with van der Waals surface area (Å²) in [6.45, 7) is 0. The average molecular weight is 508 g/mol. The quantitative estimate of drug-likeness (QED) is 0.262. The van der Waals surface area contributed by atoms with E-state index in [9.17, 15) is 9.59 Å². The van der Waals surface area contributed by atoms with Crippen LogP contribution in [0.25, 0.3) is 32.7 Å². The molecule has 0 bridgehead atoms. The smallest absolute Gasteiger partial charge is 0.276 e. The summed E-state index contributed by atoms with van der Waals surface area (Å²) in [7, 11) is 1.76. The average Bonchev–Trinajstić information content (AvgIpc) is 3.00. The summed E-state index contributed by atoms with van der Waals surface area (Å²) in [6.07, 6.45) is 1.62. The molecule has 0 unspecified atom stereocenters. The molecule has 5 heteroatoms. The maximum atomic E-state index is 13.6. The molecular weight excluding hydrogens is 482 g/mol. The van der Waals surface area contributed by atoms with Crippen molar-refractivity contribution in [1.29, 1.82) is 0 Å². The third-order valence-electron chi connectivity index (χ3n) is 6.92. The van der Waals surface area contributed by atoms with Gasteiger partial charge in [0.1, 0.15) is 5.69 Å². The molecule has 1 aromatic heterocycles. The number of aromatic nitrogens is 1. The number of hydrogen-bond donors (Lipinski definition) is 1. The number of fused-ring (bicyclic) bond motifs is 2. The first-order valence-electron chi connectivity index (χ1n) is 12.7. The largest absolute Gasteiger partial charge is 0.321 e. The predicted molar refractivity (Wildman–Crippen MR) is 158 cm³/mol. The van der Waals surface area contributed by atoms with Gasteiger partial charge in [-0.15, -0.1) is 0 Å². The van der Waals surface area contributed by atoms with Crippen molar-refractivity contribution in [3.63, 3.8) is 0 Å². The van der Waals surface area contributed by atoms with Crippen LogP contribution in [0.4, 0.5) is 11.4 Å². The fourth-order valence-electron chi connectivity index (χ4n) is 5.00. The van der Waals surface area contributed by atoms with E-state index in [0.29, 0.717) is 16.9 Å². The molecular formula is C34H25N3O2. The lowest BCUT2D eigenvalue weighted by Gasteiger charge is -2.24. The Morgan fingerprint density at radius 3 is 1.95 bits per heavy atom. The Morgan fingerprint density at radius 2 is 1.26 bits per heavy atom. The normalized spacial score (nSPS) is 10.9. The van der Waals surface area contributed by atoms with Crippen LogP contribution < -0.4 is 10.2 Å². The topological polar surface area (TPSA) is 62.3 Å². The van der Waals surface area contributed by atoms with Crippen molar-refractivity contribution >= 4 is 44.7 Å². The van der Waals surface area contributed by atoms with Crippen LogP contribution in [0.15, 0.2) is 128 Å². The van der Waals surface area contributed by atoms with Crippen molar-refractivity contribution in [3.8, 4) is 11.1 Å². The van der Waals surface area contributed by atoms with Gasteiger partial charge in [0.15, 0.2) is 0 Å². The summed E-state index contributed by atoms with van der Waals surface area (Å²) >= 11 is 0. The summed E-state index contributed by atoms with van der Waals surface area (Å²) in [5.74, 6) is -0.422. The van der Waals surface area contributed by atoms with Gasteiger partial charge in [-0.05, 0) is 57.9 Å². The van der Waals surface area contributed by atoms with Gasteiger partial charge in [0.2, 0.25) is 0 Å². The molecule has 5 nitrogen and oxygen atoms in total. The number of hydrogen-bond acceptors (Lipinski definition) is 3. The summed E-state index contributed by atoms with van der Waals surface area (Å²) in [5, 5.41) is 7.16. The number of pyridine rings is 1. The number of carbonyl (C=O) groups excluding carboxylic acids is 2. The number of carbonyl (C=O) groups is 2. The van der Waals surface area contributed by atoms with Crippen LogP contribution in [0.3, 0.4) is 0 Å². The van der Waals surface area contributed by atoms with Gasteiger partial charge in [0, 0.05) is 35.6 Å². The molecule has 0 saturated heterocycles. The number of anilines is 2. The van der Waals surface area contributed by atoms with E-state index in [2.05, 4.69) is 34.6 Å². The van der Waals surface area contributed by atoms with Crippen LogP contribution >= 0.6 is 0 Å². The van der Waals surface area contributed by atoms with Crippen molar-refractivity contribution in [2.24, 2.45) is 0 Å². The van der Waals surface area contributed by atoms with Crippen molar-refractivity contribution in [3.05, 3.63) is 139 Å². The zero-order chi connectivity index (χ0) is 26.8. The Labute approximate surface area is 226 Å². The van der Waals surface area contributed by atoms with E-state index in [1.54, 1.807) is 48.5 Å². The zero-order valence-electron chi connectivity index (χ0n) is 21.3. The molecule has 1 heterocycles. The van der Waals surface area contributed by atoms with Crippen LogP contribution in [-0.2, 0) is 0 Å². The maximum Gasteiger partial charge on any atom is 0.276 e. The van der Waals surface area contributed by atoms with Crippen molar-refractivity contribution in [1.82, 2.24) is 4.98 Å². The molecule has 188 valence electrons. The Bertz CT molecular complexity index is 1830. The number of nitrogens with zero attached hydrogens (tertiary/aromatic N) is 2. The Hall–Kier alpha value is -5.29. The van der Waals surface area contributed by atoms with Gasteiger partial charge in [0.05, 0.1) is 5.69 Å². The molecule has 0 aliphatic carbocycles. The summed E-state index contributed by atoms with van der Waals surface area (Å²) in [6, 6.07) is 38.6. The Balaban J connectivity index is 1.61. The third kappa shape index (κ3) is 4.51. The highest BCUT2D eigenvalue weighted by Gasteiger charge is 2.23. The van der Waals surface area contributed by atoms with Gasteiger partial charge in [-0.25, -0.2) is 0 Å². The molecule has 0 radical (unpaired) electrons. The second-order valence-corrected chi connectivity index (χ2v) is 9.29. The molecule has 0 atom stereocenters. The van der Waals surface area contributed by atoms with Gasteiger partial charge in [-0.3, -0.25) is 14.6 Å². The minimum Gasteiger partial charge on any atom is -0.321 e. The van der Waals surface area contributed by atoms with Gasteiger partial charge >= 0.3 is 0 Å². The summed E-state index contributed by atoms with van der Waals surface area (Å²) < 4.78 is 0. The van der Waals surface area contributed by atoms with Crippen molar-refractivity contribution < 1.29 is 9.59 Å². The van der Waals surface area contributed by atoms with Crippen LogP contribution in [0.5, 0.6) is 0 Å². The third-order valence-corrected chi connectivity index (χ3v) is 6.92. The van der Waals surface area contributed by atoms with Crippen LogP contribution in [0.2, 0.25) is 0 Å². The first-order valence-corrected chi connectivity index (χ1v) is 12.7. The molecule has 0 fully saturated rings. The van der Waals surface area contributed by atoms with E-state index in [-0.39, 0.29) is 11.8 Å². The maximum absolute atomic E-state index is 13.6. The highest BCUT2D eigenvalue weighted by molar-refractivity contribution is 6.19. The second-order valence-electron chi connectivity index (χ2n) is 9.29. The van der Waals surface area contributed by atoms with E-state index in [0.717, 1.165) is 38.4 Å². The summed E-state index contributed by atoms with van der Waals surface area (Å²) in [4.78, 5) is 32.8. The molecule has 5 aromatic carbocycles. The van der Waals surface area contributed by atoms with E-state index in [4.69, 9.17) is 0 Å². The summed E-state index contributed by atoms with van der Waals surface area (Å²) in [5.41, 5.74) is 4.02. The van der Waals surface area contributed by atoms with Crippen molar-refractivity contribution in [2.45, 2.75) is 0 Å². The van der Waals surface area contributed by atoms with Gasteiger partial charge in [0.25, 0.3) is 11.8 Å². The van der Waals surface area contributed by atoms with Crippen LogP contribution in [0.1, 0.15) is 20.8 Å². The molecule has 0 saturated carbocycles. The van der Waals surface area contributed by atoms with Gasteiger partial charge in [-0.1, -0.05) is 84.9 Å².